The van der Waals surface area contributed by atoms with Gasteiger partial charge in [0.25, 0.3) is 0 Å². The predicted octanol–water partition coefficient (Wildman–Crippen LogP) is 1.15. The first-order valence-corrected chi connectivity index (χ1v) is 7.31. The number of nitrogens with zero attached hydrogens (tertiary/aromatic N) is 1. The molecule has 1 aromatic rings. The number of aliphatic carboxylic acids is 1. The molecule has 0 heterocycles. The molecule has 22 heavy (non-hydrogen) atoms. The molecule has 0 bridgehead atoms. The fourth-order valence-electron chi connectivity index (χ4n) is 2.23. The van der Waals surface area contributed by atoms with Gasteiger partial charge in [0.2, 0.25) is 5.91 Å². The Bertz CT molecular complexity index is 487. The molecule has 0 aromatic heterocycles. The van der Waals surface area contributed by atoms with Crippen molar-refractivity contribution in [3.8, 4) is 5.75 Å². The van der Waals surface area contributed by atoms with E-state index in [4.69, 9.17) is 9.84 Å². The van der Waals surface area contributed by atoms with Gasteiger partial charge in [-0.1, -0.05) is 19.1 Å². The third-order valence-corrected chi connectivity index (χ3v) is 3.50. The lowest BCUT2D eigenvalue weighted by Crippen LogP contribution is -2.43. The summed E-state index contributed by atoms with van der Waals surface area (Å²) in [5, 5.41) is 10.9. The van der Waals surface area contributed by atoms with Crippen molar-refractivity contribution in [2.75, 3.05) is 26.7 Å². The molecule has 0 aliphatic heterocycles. The number of rotatable bonds is 9. The maximum atomic E-state index is 11.7. The van der Waals surface area contributed by atoms with Gasteiger partial charge in [0.05, 0.1) is 13.7 Å². The number of hydrogen-bond acceptors (Lipinski definition) is 4. The van der Waals surface area contributed by atoms with E-state index >= 15 is 0 Å². The Morgan fingerprint density at radius 1 is 1.32 bits per heavy atom. The van der Waals surface area contributed by atoms with Crippen molar-refractivity contribution in [2.45, 2.75) is 26.3 Å². The van der Waals surface area contributed by atoms with E-state index in [2.05, 4.69) is 12.2 Å². The van der Waals surface area contributed by atoms with Crippen molar-refractivity contribution in [2.24, 2.45) is 0 Å². The van der Waals surface area contributed by atoms with Gasteiger partial charge < -0.3 is 15.2 Å². The van der Waals surface area contributed by atoms with Gasteiger partial charge in [-0.3, -0.25) is 14.5 Å². The Labute approximate surface area is 131 Å². The quantitative estimate of drug-likeness (QED) is 0.715. The molecule has 6 nitrogen and oxygen atoms in total. The molecule has 122 valence electrons. The average Bonchev–Trinajstić information content (AvgIpc) is 2.51. The van der Waals surface area contributed by atoms with Crippen molar-refractivity contribution in [1.29, 1.82) is 0 Å². The van der Waals surface area contributed by atoms with Crippen LogP contribution in [0.25, 0.3) is 0 Å². The summed E-state index contributed by atoms with van der Waals surface area (Å²) in [6.45, 7) is 4.61. The smallest absolute Gasteiger partial charge is 0.322 e. The minimum absolute atomic E-state index is 0.175. The first-order chi connectivity index (χ1) is 10.5. The maximum absolute atomic E-state index is 11.7. The first-order valence-electron chi connectivity index (χ1n) is 7.31. The second kappa shape index (κ2) is 9.04. The molecular weight excluding hydrogens is 284 g/mol. The van der Waals surface area contributed by atoms with E-state index in [-0.39, 0.29) is 25.0 Å². The summed E-state index contributed by atoms with van der Waals surface area (Å²) in [7, 11) is 1.63. The van der Waals surface area contributed by atoms with Crippen molar-refractivity contribution in [3.63, 3.8) is 0 Å². The molecule has 1 aromatic carbocycles. The lowest BCUT2D eigenvalue weighted by Gasteiger charge is -2.27. The molecule has 6 heteroatoms. The van der Waals surface area contributed by atoms with Crippen LogP contribution in [0.4, 0.5) is 0 Å². The zero-order valence-corrected chi connectivity index (χ0v) is 13.3. The van der Waals surface area contributed by atoms with E-state index in [0.29, 0.717) is 0 Å². The van der Waals surface area contributed by atoms with E-state index in [1.165, 1.54) is 0 Å². The van der Waals surface area contributed by atoms with Gasteiger partial charge >= 0.3 is 5.97 Å². The zero-order valence-electron chi connectivity index (χ0n) is 13.3. The monoisotopic (exact) mass is 308 g/mol. The Morgan fingerprint density at radius 2 is 1.95 bits per heavy atom. The van der Waals surface area contributed by atoms with Crippen molar-refractivity contribution in [1.82, 2.24) is 10.2 Å². The van der Waals surface area contributed by atoms with E-state index in [1.54, 1.807) is 7.11 Å². The summed E-state index contributed by atoms with van der Waals surface area (Å²) >= 11 is 0. The normalized spacial score (nSPS) is 12.0. The van der Waals surface area contributed by atoms with Crippen LogP contribution in [0.2, 0.25) is 0 Å². The van der Waals surface area contributed by atoms with Crippen molar-refractivity contribution >= 4 is 11.9 Å². The van der Waals surface area contributed by atoms with Gasteiger partial charge in [-0.15, -0.1) is 0 Å². The number of hydrogen-bond donors (Lipinski definition) is 2. The standard InChI is InChI=1S/C16H24N2O4/c1-4-18(11-15(19)17-10-16(20)21)12(2)9-13-5-7-14(22-3)8-6-13/h5-8,12H,4,9-11H2,1-3H3,(H,17,19)(H,20,21). The third-order valence-electron chi connectivity index (χ3n) is 3.50. The molecular formula is C16H24N2O4. The average molecular weight is 308 g/mol. The number of ether oxygens (including phenoxy) is 1. The molecule has 2 N–H and O–H groups in total. The lowest BCUT2D eigenvalue weighted by atomic mass is 10.1. The number of likely N-dealkylation sites (N-methyl/N-ethyl adjacent to an activating group) is 1. The summed E-state index contributed by atoms with van der Waals surface area (Å²) in [6.07, 6.45) is 0.810. The van der Waals surface area contributed by atoms with Gasteiger partial charge in [0.15, 0.2) is 0 Å². The zero-order chi connectivity index (χ0) is 16.5. The van der Waals surface area contributed by atoms with Crippen LogP contribution in [-0.4, -0.2) is 54.7 Å². The number of benzene rings is 1. The third kappa shape index (κ3) is 6.13. The predicted molar refractivity (Wildman–Crippen MR) is 84.1 cm³/mol. The first kappa shape index (κ1) is 18.0. The van der Waals surface area contributed by atoms with E-state index in [1.807, 2.05) is 36.1 Å². The highest BCUT2D eigenvalue weighted by molar-refractivity contribution is 5.82. The van der Waals surface area contributed by atoms with Crippen LogP contribution >= 0.6 is 0 Å². The Balaban J connectivity index is 2.53. The van der Waals surface area contributed by atoms with Crippen LogP contribution in [0.15, 0.2) is 24.3 Å². The maximum Gasteiger partial charge on any atom is 0.322 e. The van der Waals surface area contributed by atoms with Crippen LogP contribution in [0, 0.1) is 0 Å². The number of methoxy groups -OCH3 is 1. The molecule has 1 unspecified atom stereocenters. The van der Waals surface area contributed by atoms with E-state index in [9.17, 15) is 9.59 Å². The Hall–Kier alpha value is -2.08. The second-order valence-corrected chi connectivity index (χ2v) is 5.13. The summed E-state index contributed by atoms with van der Waals surface area (Å²) in [6, 6.07) is 8.02. The molecule has 0 aliphatic rings. The topological polar surface area (TPSA) is 78.9 Å². The number of nitrogens with one attached hydrogen (secondary N) is 1. The van der Waals surface area contributed by atoms with E-state index in [0.717, 1.165) is 24.3 Å². The fourth-order valence-corrected chi connectivity index (χ4v) is 2.23. The van der Waals surface area contributed by atoms with Crippen molar-refractivity contribution in [3.05, 3.63) is 29.8 Å². The van der Waals surface area contributed by atoms with Gasteiger partial charge in [-0.2, -0.15) is 0 Å². The van der Waals surface area contributed by atoms with Crippen LogP contribution < -0.4 is 10.1 Å². The minimum Gasteiger partial charge on any atom is -0.497 e. The number of carboxylic acid groups (broad SMARTS) is 1. The summed E-state index contributed by atoms with van der Waals surface area (Å²) in [5.41, 5.74) is 1.16. The summed E-state index contributed by atoms with van der Waals surface area (Å²) < 4.78 is 5.13. The number of carboxylic acids is 1. The minimum atomic E-state index is -1.04. The number of carbonyl (C=O) groups is 2. The molecule has 0 saturated heterocycles. The Morgan fingerprint density at radius 3 is 2.45 bits per heavy atom. The summed E-state index contributed by atoms with van der Waals surface area (Å²) in [5.74, 6) is -0.495. The summed E-state index contributed by atoms with van der Waals surface area (Å²) in [4.78, 5) is 24.2. The number of amides is 1. The van der Waals surface area contributed by atoms with Crippen LogP contribution in [0.5, 0.6) is 5.75 Å². The number of carbonyl (C=O) groups excluding carboxylic acids is 1. The largest absolute Gasteiger partial charge is 0.497 e. The fraction of sp³-hybridized carbons (Fsp3) is 0.500. The van der Waals surface area contributed by atoms with Crippen LogP contribution in [-0.2, 0) is 16.0 Å². The van der Waals surface area contributed by atoms with Gasteiger partial charge in [-0.05, 0) is 37.6 Å². The lowest BCUT2D eigenvalue weighted by molar-refractivity contribution is -0.138. The molecule has 0 radical (unpaired) electrons. The molecule has 1 amide bonds. The SMILES string of the molecule is CCN(CC(=O)NCC(=O)O)C(C)Cc1ccc(OC)cc1. The second-order valence-electron chi connectivity index (χ2n) is 5.13. The van der Waals surface area contributed by atoms with Crippen LogP contribution in [0.3, 0.4) is 0 Å². The highest BCUT2D eigenvalue weighted by Gasteiger charge is 2.16. The van der Waals surface area contributed by atoms with Gasteiger partial charge in [0.1, 0.15) is 12.3 Å². The molecule has 1 rings (SSSR count). The Kier molecular flexibility index (Phi) is 7.39. The molecule has 0 aliphatic carbocycles. The van der Waals surface area contributed by atoms with E-state index < -0.39 is 5.97 Å². The van der Waals surface area contributed by atoms with Gasteiger partial charge in [0, 0.05) is 6.04 Å². The van der Waals surface area contributed by atoms with Crippen molar-refractivity contribution < 1.29 is 19.4 Å². The molecule has 0 spiro atoms. The molecule has 0 saturated carbocycles. The highest BCUT2D eigenvalue weighted by atomic mass is 16.5. The molecule has 0 fully saturated rings. The van der Waals surface area contributed by atoms with Crippen LogP contribution in [0.1, 0.15) is 19.4 Å². The van der Waals surface area contributed by atoms with Gasteiger partial charge in [-0.25, -0.2) is 0 Å². The molecule has 1 atom stereocenters. The highest BCUT2D eigenvalue weighted by Crippen LogP contribution is 2.14.